The lowest BCUT2D eigenvalue weighted by molar-refractivity contribution is -0.141. The van der Waals surface area contributed by atoms with Gasteiger partial charge in [0.15, 0.2) is 0 Å². The summed E-state index contributed by atoms with van der Waals surface area (Å²) in [5, 5.41) is 8.63. The van der Waals surface area contributed by atoms with E-state index in [4.69, 9.17) is 10.8 Å². The second kappa shape index (κ2) is 3.41. The Bertz CT molecular complexity index is 183. The number of rotatable bonds is 4. The van der Waals surface area contributed by atoms with Crippen LogP contribution in [0.5, 0.6) is 0 Å². The summed E-state index contributed by atoms with van der Waals surface area (Å²) < 4.78 is 4.51. The van der Waals surface area contributed by atoms with E-state index in [9.17, 15) is 4.79 Å². The molecule has 0 saturated heterocycles. The fraction of sp³-hybridized carbons (Fsp3) is 0.875. The minimum absolute atomic E-state index is 0.144. The second-order valence-electron chi connectivity index (χ2n) is 3.40. The minimum atomic E-state index is -0.393. The molecule has 70 valence electrons. The second-order valence-corrected chi connectivity index (χ2v) is 3.40. The predicted molar refractivity (Wildman–Crippen MR) is 43.4 cm³/mol. The number of carbonyl (C=O) groups excluding carboxylic acids is 1. The molecule has 0 heterocycles. The number of aliphatic hydroxyl groups excluding tert-OH is 1. The van der Waals surface area contributed by atoms with Gasteiger partial charge in [-0.2, -0.15) is 0 Å². The molecule has 4 heteroatoms. The lowest BCUT2D eigenvalue weighted by atomic mass is 10.1. The molecule has 1 rings (SSSR count). The molecule has 0 amide bonds. The zero-order valence-corrected chi connectivity index (χ0v) is 7.25. The van der Waals surface area contributed by atoms with Crippen LogP contribution >= 0.6 is 0 Å². The SMILES string of the molecule is COC(=O)C[C@@]1(N)C[C@H]1CCO. The molecule has 1 aliphatic rings. The van der Waals surface area contributed by atoms with E-state index in [0.717, 1.165) is 6.42 Å². The van der Waals surface area contributed by atoms with Crippen molar-refractivity contribution >= 4 is 5.97 Å². The summed E-state index contributed by atoms with van der Waals surface area (Å²) in [7, 11) is 1.36. The summed E-state index contributed by atoms with van der Waals surface area (Å²) in [4.78, 5) is 10.9. The standard InChI is InChI=1S/C8H15NO3/c1-12-7(11)5-8(9)4-6(8)2-3-10/h6,10H,2-5,9H2,1H3/t6-,8+/m1/s1. The van der Waals surface area contributed by atoms with E-state index in [1.807, 2.05) is 0 Å². The highest BCUT2D eigenvalue weighted by atomic mass is 16.5. The van der Waals surface area contributed by atoms with Crippen molar-refractivity contribution in [3.63, 3.8) is 0 Å². The minimum Gasteiger partial charge on any atom is -0.469 e. The molecule has 0 bridgehead atoms. The highest BCUT2D eigenvalue weighted by molar-refractivity contribution is 5.71. The lowest BCUT2D eigenvalue weighted by Crippen LogP contribution is -2.29. The molecule has 12 heavy (non-hydrogen) atoms. The Labute approximate surface area is 71.7 Å². The topological polar surface area (TPSA) is 72.5 Å². The molecule has 0 aliphatic heterocycles. The van der Waals surface area contributed by atoms with E-state index in [1.54, 1.807) is 0 Å². The number of aliphatic hydroxyl groups is 1. The number of hydrogen-bond acceptors (Lipinski definition) is 4. The maximum Gasteiger partial charge on any atom is 0.307 e. The van der Waals surface area contributed by atoms with Crippen LogP contribution in [0.2, 0.25) is 0 Å². The van der Waals surface area contributed by atoms with Gasteiger partial charge >= 0.3 is 5.97 Å². The molecule has 0 aromatic heterocycles. The first-order chi connectivity index (χ1) is 5.62. The summed E-state index contributed by atoms with van der Waals surface area (Å²) in [5.41, 5.74) is 5.45. The fourth-order valence-corrected chi connectivity index (χ4v) is 1.50. The largest absolute Gasteiger partial charge is 0.469 e. The normalized spacial score (nSPS) is 33.1. The first-order valence-corrected chi connectivity index (χ1v) is 4.09. The van der Waals surface area contributed by atoms with Gasteiger partial charge in [0, 0.05) is 12.1 Å². The van der Waals surface area contributed by atoms with E-state index in [0.29, 0.717) is 12.3 Å². The van der Waals surface area contributed by atoms with Crippen molar-refractivity contribution in [2.45, 2.75) is 24.8 Å². The summed E-state index contributed by atoms with van der Waals surface area (Å²) in [6.07, 6.45) is 1.78. The Kier molecular flexibility index (Phi) is 2.69. The van der Waals surface area contributed by atoms with Gasteiger partial charge in [-0.25, -0.2) is 0 Å². The van der Waals surface area contributed by atoms with Crippen LogP contribution in [-0.4, -0.2) is 30.3 Å². The Morgan fingerprint density at radius 3 is 3.00 bits per heavy atom. The van der Waals surface area contributed by atoms with Gasteiger partial charge in [-0.3, -0.25) is 4.79 Å². The van der Waals surface area contributed by atoms with Crippen molar-refractivity contribution in [1.29, 1.82) is 0 Å². The van der Waals surface area contributed by atoms with Crippen molar-refractivity contribution in [2.24, 2.45) is 11.7 Å². The Morgan fingerprint density at radius 2 is 2.50 bits per heavy atom. The molecule has 0 spiro atoms. The van der Waals surface area contributed by atoms with Gasteiger partial charge in [-0.15, -0.1) is 0 Å². The van der Waals surface area contributed by atoms with Crippen molar-refractivity contribution in [3.05, 3.63) is 0 Å². The third-order valence-electron chi connectivity index (χ3n) is 2.46. The van der Waals surface area contributed by atoms with Crippen molar-refractivity contribution in [1.82, 2.24) is 0 Å². The van der Waals surface area contributed by atoms with Gasteiger partial charge in [0.05, 0.1) is 13.5 Å². The predicted octanol–water partition coefficient (Wildman–Crippen LogP) is -0.351. The molecular weight excluding hydrogens is 158 g/mol. The van der Waals surface area contributed by atoms with Crippen LogP contribution in [-0.2, 0) is 9.53 Å². The average Bonchev–Trinajstić information content (AvgIpc) is 2.62. The zero-order valence-electron chi connectivity index (χ0n) is 7.25. The molecule has 1 fully saturated rings. The summed E-state index contributed by atoms with van der Waals surface area (Å²) >= 11 is 0. The van der Waals surface area contributed by atoms with Crippen molar-refractivity contribution in [2.75, 3.05) is 13.7 Å². The third kappa shape index (κ3) is 1.95. The van der Waals surface area contributed by atoms with Crippen LogP contribution in [0.3, 0.4) is 0 Å². The molecule has 0 radical (unpaired) electrons. The van der Waals surface area contributed by atoms with Crippen LogP contribution in [0.15, 0.2) is 0 Å². The van der Waals surface area contributed by atoms with Crippen molar-refractivity contribution in [3.8, 4) is 0 Å². The summed E-state index contributed by atoms with van der Waals surface area (Å²) in [5.74, 6) is 0.0274. The Morgan fingerprint density at radius 1 is 1.83 bits per heavy atom. The van der Waals surface area contributed by atoms with E-state index >= 15 is 0 Å². The molecule has 2 atom stereocenters. The van der Waals surface area contributed by atoms with Gasteiger partial charge in [0.25, 0.3) is 0 Å². The molecule has 0 aromatic rings. The maximum absolute atomic E-state index is 10.9. The highest BCUT2D eigenvalue weighted by Gasteiger charge is 2.51. The molecule has 4 nitrogen and oxygen atoms in total. The number of ether oxygens (including phenoxy) is 1. The number of hydrogen-bond donors (Lipinski definition) is 2. The van der Waals surface area contributed by atoms with Gasteiger partial charge in [-0.1, -0.05) is 0 Å². The Balaban J connectivity index is 2.30. The first kappa shape index (κ1) is 9.48. The number of esters is 1. The van der Waals surface area contributed by atoms with E-state index < -0.39 is 5.54 Å². The zero-order chi connectivity index (χ0) is 9.19. The Hall–Kier alpha value is -0.610. The summed E-state index contributed by atoms with van der Waals surface area (Å²) in [6, 6.07) is 0. The number of carbonyl (C=O) groups is 1. The van der Waals surface area contributed by atoms with E-state index in [-0.39, 0.29) is 19.0 Å². The monoisotopic (exact) mass is 173 g/mol. The van der Waals surface area contributed by atoms with Gasteiger partial charge in [0.2, 0.25) is 0 Å². The fourth-order valence-electron chi connectivity index (χ4n) is 1.50. The number of methoxy groups -OCH3 is 1. The third-order valence-corrected chi connectivity index (χ3v) is 2.46. The van der Waals surface area contributed by atoms with Crippen LogP contribution < -0.4 is 5.73 Å². The summed E-state index contributed by atoms with van der Waals surface area (Å²) in [6.45, 7) is 0.144. The lowest BCUT2D eigenvalue weighted by Gasteiger charge is -2.08. The van der Waals surface area contributed by atoms with Gasteiger partial charge < -0.3 is 15.6 Å². The molecule has 3 N–H and O–H groups in total. The van der Waals surface area contributed by atoms with Crippen molar-refractivity contribution < 1.29 is 14.6 Å². The molecule has 0 aromatic carbocycles. The van der Waals surface area contributed by atoms with Crippen LogP contribution in [0.25, 0.3) is 0 Å². The number of nitrogens with two attached hydrogens (primary N) is 1. The first-order valence-electron chi connectivity index (χ1n) is 4.09. The quantitative estimate of drug-likeness (QED) is 0.570. The van der Waals surface area contributed by atoms with E-state index in [1.165, 1.54) is 7.11 Å². The molecular formula is C8H15NO3. The van der Waals surface area contributed by atoms with Crippen LogP contribution in [0.1, 0.15) is 19.3 Å². The van der Waals surface area contributed by atoms with Crippen LogP contribution in [0, 0.1) is 5.92 Å². The maximum atomic E-state index is 10.9. The van der Waals surface area contributed by atoms with Gasteiger partial charge in [0.1, 0.15) is 0 Å². The average molecular weight is 173 g/mol. The smallest absolute Gasteiger partial charge is 0.307 e. The van der Waals surface area contributed by atoms with Gasteiger partial charge in [-0.05, 0) is 18.8 Å². The molecule has 0 unspecified atom stereocenters. The molecule has 1 saturated carbocycles. The highest BCUT2D eigenvalue weighted by Crippen LogP contribution is 2.45. The van der Waals surface area contributed by atoms with Crippen LogP contribution in [0.4, 0.5) is 0 Å². The molecule has 1 aliphatic carbocycles. The van der Waals surface area contributed by atoms with E-state index in [2.05, 4.69) is 4.74 Å².